The second-order valence-electron chi connectivity index (χ2n) is 2.46. The number of hydrogen-bond acceptors (Lipinski definition) is 4. The van der Waals surface area contributed by atoms with Gasteiger partial charge in [0.05, 0.1) is 0 Å². The normalized spacial score (nSPS) is 10.2. The van der Waals surface area contributed by atoms with Crippen LogP contribution in [-0.2, 0) is 0 Å². The van der Waals surface area contributed by atoms with E-state index in [2.05, 4.69) is 15.1 Å². The molecule has 0 amide bonds. The van der Waals surface area contributed by atoms with E-state index in [9.17, 15) is 0 Å². The Kier molecular flexibility index (Phi) is 1.82. The standard InChI is InChI=1S/C7H7N5S/c8-12-6(10-7(13)11-12)5-1-3-9-4-2-5/h1-4H,8H2,(H,11,13). The number of pyridine rings is 1. The fourth-order valence-electron chi connectivity index (χ4n) is 1.04. The topological polar surface area (TPSA) is 72.5 Å². The van der Waals surface area contributed by atoms with Crippen LogP contribution in [0.3, 0.4) is 0 Å². The van der Waals surface area contributed by atoms with Crippen molar-refractivity contribution < 1.29 is 0 Å². The Hall–Kier alpha value is -1.69. The second-order valence-corrected chi connectivity index (χ2v) is 2.84. The average molecular weight is 193 g/mol. The van der Waals surface area contributed by atoms with Gasteiger partial charge in [-0.25, -0.2) is 0 Å². The second kappa shape index (κ2) is 2.98. The van der Waals surface area contributed by atoms with Crippen molar-refractivity contribution in [2.45, 2.75) is 0 Å². The number of nitrogens with two attached hydrogens (primary N) is 1. The fourth-order valence-corrected chi connectivity index (χ4v) is 1.22. The third-order valence-electron chi connectivity index (χ3n) is 1.59. The zero-order chi connectivity index (χ0) is 9.26. The molecular formula is C7H7N5S. The summed E-state index contributed by atoms with van der Waals surface area (Å²) in [5, 5.41) is 2.68. The molecule has 6 heteroatoms. The molecule has 0 aliphatic carbocycles. The molecule has 13 heavy (non-hydrogen) atoms. The summed E-state index contributed by atoms with van der Waals surface area (Å²) in [5.41, 5.74) is 0.879. The highest BCUT2D eigenvalue weighted by Gasteiger charge is 2.03. The van der Waals surface area contributed by atoms with E-state index in [-0.39, 0.29) is 0 Å². The lowest BCUT2D eigenvalue weighted by atomic mass is 10.2. The first-order valence-electron chi connectivity index (χ1n) is 3.62. The number of H-pyrrole nitrogens is 1. The van der Waals surface area contributed by atoms with Crippen LogP contribution in [0.15, 0.2) is 24.5 Å². The number of nitrogens with zero attached hydrogens (tertiary/aromatic N) is 3. The zero-order valence-corrected chi connectivity index (χ0v) is 7.45. The van der Waals surface area contributed by atoms with Gasteiger partial charge in [-0.15, -0.1) is 0 Å². The molecule has 0 saturated carbocycles. The predicted octanol–water partition coefficient (Wildman–Crippen LogP) is 0.716. The van der Waals surface area contributed by atoms with Crippen LogP contribution in [0.25, 0.3) is 11.4 Å². The van der Waals surface area contributed by atoms with Crippen molar-refractivity contribution in [1.82, 2.24) is 19.9 Å². The minimum absolute atomic E-state index is 0.370. The summed E-state index contributed by atoms with van der Waals surface area (Å²) in [5.74, 6) is 6.19. The van der Waals surface area contributed by atoms with Gasteiger partial charge in [-0.3, -0.25) is 10.1 Å². The Balaban J connectivity index is 2.59. The third-order valence-corrected chi connectivity index (χ3v) is 1.77. The van der Waals surface area contributed by atoms with Gasteiger partial charge < -0.3 is 5.84 Å². The van der Waals surface area contributed by atoms with Crippen molar-refractivity contribution in [3.63, 3.8) is 0 Å². The molecule has 0 radical (unpaired) electrons. The summed E-state index contributed by atoms with van der Waals surface area (Å²) in [6.07, 6.45) is 3.35. The highest BCUT2D eigenvalue weighted by atomic mass is 32.1. The molecule has 0 bridgehead atoms. The molecule has 0 aliphatic heterocycles. The average Bonchev–Trinajstić information content (AvgIpc) is 2.47. The third kappa shape index (κ3) is 1.43. The molecule has 0 saturated heterocycles. The summed E-state index contributed by atoms with van der Waals surface area (Å²) in [4.78, 5) is 9.23. The van der Waals surface area contributed by atoms with Gasteiger partial charge in [-0.1, -0.05) is 0 Å². The molecule has 3 N–H and O–H groups in total. The molecule has 0 aliphatic rings. The highest BCUT2D eigenvalue weighted by molar-refractivity contribution is 7.71. The van der Waals surface area contributed by atoms with Gasteiger partial charge in [0.25, 0.3) is 0 Å². The Morgan fingerprint density at radius 3 is 2.62 bits per heavy atom. The maximum absolute atomic E-state index is 5.58. The molecule has 2 aromatic heterocycles. The Bertz CT molecular complexity index is 457. The van der Waals surface area contributed by atoms with Crippen molar-refractivity contribution in [2.24, 2.45) is 0 Å². The lowest BCUT2D eigenvalue weighted by molar-refractivity contribution is 0.834. The van der Waals surface area contributed by atoms with Crippen molar-refractivity contribution >= 4 is 12.2 Å². The van der Waals surface area contributed by atoms with Gasteiger partial charge in [0.2, 0.25) is 4.77 Å². The van der Waals surface area contributed by atoms with Crippen LogP contribution in [0.5, 0.6) is 0 Å². The van der Waals surface area contributed by atoms with Gasteiger partial charge in [-0.2, -0.15) is 9.77 Å². The van der Waals surface area contributed by atoms with Crippen LogP contribution in [0.4, 0.5) is 0 Å². The number of aromatic amines is 1. The Morgan fingerprint density at radius 1 is 1.38 bits per heavy atom. The number of nitrogens with one attached hydrogen (secondary N) is 1. The fraction of sp³-hybridized carbons (Fsp3) is 0. The first kappa shape index (κ1) is 7.93. The van der Waals surface area contributed by atoms with Crippen LogP contribution in [0, 0.1) is 4.77 Å². The van der Waals surface area contributed by atoms with Crippen molar-refractivity contribution in [1.29, 1.82) is 0 Å². The molecule has 2 aromatic rings. The summed E-state index contributed by atoms with van der Waals surface area (Å²) in [6.45, 7) is 0. The van der Waals surface area contributed by atoms with E-state index >= 15 is 0 Å². The van der Waals surface area contributed by atoms with E-state index in [0.29, 0.717) is 10.6 Å². The largest absolute Gasteiger partial charge is 0.323 e. The van der Waals surface area contributed by atoms with E-state index in [4.69, 9.17) is 18.1 Å². The van der Waals surface area contributed by atoms with Crippen LogP contribution >= 0.6 is 12.2 Å². The first-order chi connectivity index (χ1) is 6.27. The van der Waals surface area contributed by atoms with Gasteiger partial charge in [0.15, 0.2) is 5.82 Å². The highest BCUT2D eigenvalue weighted by Crippen LogP contribution is 2.12. The molecule has 2 rings (SSSR count). The molecular weight excluding hydrogens is 186 g/mol. The quantitative estimate of drug-likeness (QED) is 0.517. The van der Waals surface area contributed by atoms with Gasteiger partial charge in [-0.05, 0) is 24.4 Å². The number of aromatic nitrogens is 4. The minimum atomic E-state index is 0.370. The lowest BCUT2D eigenvalue weighted by Gasteiger charge is -1.98. The predicted molar refractivity (Wildman–Crippen MR) is 50.8 cm³/mol. The van der Waals surface area contributed by atoms with Crippen LogP contribution in [-0.4, -0.2) is 19.9 Å². The van der Waals surface area contributed by atoms with Crippen molar-refractivity contribution in [3.05, 3.63) is 29.3 Å². The number of hydrogen-bond donors (Lipinski definition) is 2. The molecule has 0 aromatic carbocycles. The zero-order valence-electron chi connectivity index (χ0n) is 6.64. The molecule has 0 atom stereocenters. The maximum atomic E-state index is 5.58. The SMILES string of the molecule is Nn1[nH]c(=S)nc1-c1ccncc1. The number of rotatable bonds is 1. The van der Waals surface area contributed by atoms with Crippen LogP contribution in [0.1, 0.15) is 0 Å². The van der Waals surface area contributed by atoms with Crippen LogP contribution in [0.2, 0.25) is 0 Å². The minimum Gasteiger partial charge on any atom is -0.323 e. The van der Waals surface area contributed by atoms with E-state index in [1.54, 1.807) is 12.4 Å². The van der Waals surface area contributed by atoms with Gasteiger partial charge >= 0.3 is 0 Å². The van der Waals surface area contributed by atoms with Gasteiger partial charge in [0, 0.05) is 18.0 Å². The van der Waals surface area contributed by atoms with E-state index in [0.717, 1.165) is 5.56 Å². The van der Waals surface area contributed by atoms with E-state index in [1.165, 1.54) is 4.79 Å². The summed E-state index contributed by atoms with van der Waals surface area (Å²) in [6, 6.07) is 3.63. The van der Waals surface area contributed by atoms with Crippen molar-refractivity contribution in [3.8, 4) is 11.4 Å². The van der Waals surface area contributed by atoms with Crippen LogP contribution < -0.4 is 5.84 Å². The summed E-state index contributed by atoms with van der Waals surface area (Å²) >= 11 is 4.84. The van der Waals surface area contributed by atoms with Gasteiger partial charge in [0.1, 0.15) is 0 Å². The summed E-state index contributed by atoms with van der Waals surface area (Å²) < 4.78 is 0.370. The van der Waals surface area contributed by atoms with Crippen molar-refractivity contribution in [2.75, 3.05) is 5.84 Å². The maximum Gasteiger partial charge on any atom is 0.215 e. The number of nitrogen functional groups attached to an aromatic ring is 1. The molecule has 5 nitrogen and oxygen atoms in total. The summed E-state index contributed by atoms with van der Waals surface area (Å²) in [7, 11) is 0. The molecule has 0 unspecified atom stereocenters. The smallest absolute Gasteiger partial charge is 0.215 e. The van der Waals surface area contributed by atoms with E-state index < -0.39 is 0 Å². The molecule has 66 valence electrons. The monoisotopic (exact) mass is 193 g/mol. The first-order valence-corrected chi connectivity index (χ1v) is 4.03. The van der Waals surface area contributed by atoms with E-state index in [1.807, 2.05) is 12.1 Å². The molecule has 0 spiro atoms. The lowest BCUT2D eigenvalue weighted by Crippen LogP contribution is -2.11. The molecule has 2 heterocycles. The Labute approximate surface area is 79.2 Å². The Morgan fingerprint density at radius 2 is 2.08 bits per heavy atom. The molecule has 0 fully saturated rings.